The van der Waals surface area contributed by atoms with E-state index in [1.165, 1.54) is 30.3 Å². The molecule has 0 bridgehead atoms. The number of amides is 2. The van der Waals surface area contributed by atoms with Gasteiger partial charge in [-0.15, -0.1) is 0 Å². The SMILES string of the molecule is C=C(NC(=O)c1cnccn1)C(=O)N[C@@H](Cc1cn(C(=O)OC(C)(C)C)c2ccccc12)C(=O)OC. The van der Waals surface area contributed by atoms with E-state index in [4.69, 9.17) is 9.47 Å². The van der Waals surface area contributed by atoms with Gasteiger partial charge in [-0.05, 0) is 32.4 Å². The van der Waals surface area contributed by atoms with Crippen molar-refractivity contribution in [2.24, 2.45) is 0 Å². The van der Waals surface area contributed by atoms with Gasteiger partial charge in [-0.1, -0.05) is 24.8 Å². The number of nitrogens with zero attached hydrogens (tertiary/aromatic N) is 3. The quantitative estimate of drug-likeness (QED) is 0.377. The maximum absolute atomic E-state index is 12.8. The van der Waals surface area contributed by atoms with Crippen molar-refractivity contribution in [2.75, 3.05) is 7.11 Å². The van der Waals surface area contributed by atoms with Crippen LogP contribution in [0.5, 0.6) is 0 Å². The maximum atomic E-state index is 12.8. The molecule has 1 aromatic carbocycles. The molecular weight excluding hydrogens is 466 g/mol. The second-order valence-corrected chi connectivity index (χ2v) is 8.80. The fourth-order valence-corrected chi connectivity index (χ4v) is 3.35. The Morgan fingerprint density at radius 2 is 1.86 bits per heavy atom. The molecule has 188 valence electrons. The van der Waals surface area contributed by atoms with Crippen LogP contribution in [0, 0.1) is 0 Å². The highest BCUT2D eigenvalue weighted by Crippen LogP contribution is 2.24. The summed E-state index contributed by atoms with van der Waals surface area (Å²) in [6.07, 6.45) is 4.95. The molecule has 1 atom stereocenters. The van der Waals surface area contributed by atoms with Crippen LogP contribution in [0.3, 0.4) is 0 Å². The Morgan fingerprint density at radius 3 is 2.50 bits per heavy atom. The van der Waals surface area contributed by atoms with Gasteiger partial charge in [0.1, 0.15) is 17.3 Å². The molecule has 2 amide bonds. The first kappa shape index (κ1) is 26.1. The highest BCUT2D eigenvalue weighted by atomic mass is 16.6. The number of nitrogens with one attached hydrogen (secondary N) is 2. The second-order valence-electron chi connectivity index (χ2n) is 8.80. The van der Waals surface area contributed by atoms with Gasteiger partial charge in [-0.25, -0.2) is 14.6 Å². The van der Waals surface area contributed by atoms with E-state index in [2.05, 4.69) is 27.2 Å². The molecule has 0 fully saturated rings. The van der Waals surface area contributed by atoms with Gasteiger partial charge in [-0.3, -0.25) is 19.1 Å². The normalized spacial score (nSPS) is 11.9. The zero-order valence-electron chi connectivity index (χ0n) is 20.4. The Hall–Kier alpha value is -4.54. The number of hydrogen-bond acceptors (Lipinski definition) is 8. The van der Waals surface area contributed by atoms with Gasteiger partial charge in [0.2, 0.25) is 0 Å². The molecule has 3 aromatic rings. The summed E-state index contributed by atoms with van der Waals surface area (Å²) in [5.74, 6) is -2.19. The Kier molecular flexibility index (Phi) is 7.83. The van der Waals surface area contributed by atoms with Crippen molar-refractivity contribution in [3.8, 4) is 0 Å². The number of carbonyl (C=O) groups excluding carboxylic acids is 4. The lowest BCUT2D eigenvalue weighted by Gasteiger charge is -2.19. The number of methoxy groups -OCH3 is 1. The van der Waals surface area contributed by atoms with Crippen molar-refractivity contribution in [3.05, 3.63) is 72.6 Å². The first-order valence-corrected chi connectivity index (χ1v) is 11.0. The van der Waals surface area contributed by atoms with Crippen LogP contribution in [0.1, 0.15) is 36.8 Å². The highest BCUT2D eigenvalue weighted by Gasteiger charge is 2.27. The molecule has 36 heavy (non-hydrogen) atoms. The minimum absolute atomic E-state index is 0.000111. The summed E-state index contributed by atoms with van der Waals surface area (Å²) in [5, 5.41) is 5.55. The van der Waals surface area contributed by atoms with Crippen LogP contribution >= 0.6 is 0 Å². The average molecular weight is 494 g/mol. The minimum atomic E-state index is -1.13. The van der Waals surface area contributed by atoms with Crippen LogP contribution in [0.25, 0.3) is 10.9 Å². The van der Waals surface area contributed by atoms with Gasteiger partial charge in [-0.2, -0.15) is 0 Å². The number of esters is 1. The number of fused-ring (bicyclic) bond motifs is 1. The van der Waals surface area contributed by atoms with Crippen molar-refractivity contribution in [1.82, 2.24) is 25.2 Å². The summed E-state index contributed by atoms with van der Waals surface area (Å²) in [7, 11) is 1.19. The number of benzene rings is 1. The van der Waals surface area contributed by atoms with Crippen LogP contribution in [0.15, 0.2) is 61.3 Å². The summed E-state index contributed by atoms with van der Waals surface area (Å²) < 4.78 is 11.7. The highest BCUT2D eigenvalue weighted by molar-refractivity contribution is 6.02. The van der Waals surface area contributed by atoms with E-state index in [0.29, 0.717) is 16.5 Å². The zero-order chi connectivity index (χ0) is 26.5. The topological polar surface area (TPSA) is 142 Å². The summed E-state index contributed by atoms with van der Waals surface area (Å²) in [6.45, 7) is 8.85. The molecule has 0 radical (unpaired) electrons. The molecule has 2 aromatic heterocycles. The third-order valence-corrected chi connectivity index (χ3v) is 4.93. The molecule has 0 spiro atoms. The summed E-state index contributed by atoms with van der Waals surface area (Å²) in [5.41, 5.74) is 0.168. The molecule has 2 heterocycles. The van der Waals surface area contributed by atoms with Crippen LogP contribution in [0.4, 0.5) is 4.79 Å². The lowest BCUT2D eigenvalue weighted by Crippen LogP contribution is -2.45. The number of hydrogen-bond donors (Lipinski definition) is 2. The predicted molar refractivity (Wildman–Crippen MR) is 130 cm³/mol. The van der Waals surface area contributed by atoms with Crippen molar-refractivity contribution >= 4 is 34.8 Å². The van der Waals surface area contributed by atoms with E-state index >= 15 is 0 Å². The molecule has 0 saturated carbocycles. The number of ether oxygens (including phenoxy) is 2. The van der Waals surface area contributed by atoms with Crippen molar-refractivity contribution < 1.29 is 28.7 Å². The summed E-state index contributed by atoms with van der Waals surface area (Å²) >= 11 is 0. The van der Waals surface area contributed by atoms with Gasteiger partial charge < -0.3 is 20.1 Å². The Balaban J connectivity index is 1.81. The van der Waals surface area contributed by atoms with Crippen molar-refractivity contribution in [3.63, 3.8) is 0 Å². The third kappa shape index (κ3) is 6.32. The van der Waals surface area contributed by atoms with Crippen LogP contribution < -0.4 is 10.6 Å². The Labute approximate surface area is 207 Å². The van der Waals surface area contributed by atoms with Gasteiger partial charge >= 0.3 is 12.1 Å². The fourth-order valence-electron chi connectivity index (χ4n) is 3.35. The Morgan fingerprint density at radius 1 is 1.14 bits per heavy atom. The molecule has 2 N–H and O–H groups in total. The number of carbonyl (C=O) groups is 4. The number of rotatable bonds is 7. The van der Waals surface area contributed by atoms with Gasteiger partial charge in [0.25, 0.3) is 11.8 Å². The van der Waals surface area contributed by atoms with Gasteiger partial charge in [0.05, 0.1) is 24.5 Å². The second kappa shape index (κ2) is 10.8. The van der Waals surface area contributed by atoms with E-state index < -0.39 is 35.5 Å². The molecule has 0 aliphatic rings. The van der Waals surface area contributed by atoms with Crippen molar-refractivity contribution in [2.45, 2.75) is 38.8 Å². The predicted octanol–water partition coefficient (Wildman–Crippen LogP) is 2.36. The summed E-state index contributed by atoms with van der Waals surface area (Å²) in [4.78, 5) is 57.9. The van der Waals surface area contributed by atoms with E-state index in [9.17, 15) is 19.2 Å². The van der Waals surface area contributed by atoms with E-state index in [1.54, 1.807) is 51.2 Å². The molecule has 3 rings (SSSR count). The maximum Gasteiger partial charge on any atom is 0.419 e. The molecular formula is C25H27N5O6. The third-order valence-electron chi connectivity index (χ3n) is 4.93. The fraction of sp³-hybridized carbons (Fsp3) is 0.280. The van der Waals surface area contributed by atoms with Gasteiger partial charge in [0, 0.05) is 30.4 Å². The lowest BCUT2D eigenvalue weighted by molar-refractivity contribution is -0.144. The van der Waals surface area contributed by atoms with Crippen LogP contribution in [-0.2, 0) is 25.5 Å². The van der Waals surface area contributed by atoms with Crippen molar-refractivity contribution in [1.29, 1.82) is 0 Å². The summed E-state index contributed by atoms with van der Waals surface area (Å²) in [6, 6.07) is 5.97. The smallest absolute Gasteiger partial charge is 0.419 e. The largest absolute Gasteiger partial charge is 0.467 e. The molecule has 0 saturated heterocycles. The van der Waals surface area contributed by atoms with Crippen LogP contribution in [0.2, 0.25) is 0 Å². The first-order valence-electron chi connectivity index (χ1n) is 11.0. The van der Waals surface area contributed by atoms with Crippen LogP contribution in [-0.4, -0.2) is 57.2 Å². The number of para-hydroxylation sites is 1. The minimum Gasteiger partial charge on any atom is -0.467 e. The standard InChI is InChI=1S/C25H27N5O6/c1-15(28-22(32)19-13-26-10-11-27-19)21(31)29-18(23(33)35-5)12-16-14-30(24(34)36-25(2,3)4)20-9-7-6-8-17(16)20/h6-11,13-14,18H,1,12H2,2-5H3,(H,28,32)(H,29,31)/t18-/m0/s1. The van der Waals surface area contributed by atoms with E-state index in [1.807, 2.05) is 0 Å². The van der Waals surface area contributed by atoms with E-state index in [-0.39, 0.29) is 17.8 Å². The molecule has 0 aliphatic carbocycles. The molecule has 0 aliphatic heterocycles. The van der Waals surface area contributed by atoms with Gasteiger partial charge in [0.15, 0.2) is 0 Å². The first-order chi connectivity index (χ1) is 17.0. The monoisotopic (exact) mass is 493 g/mol. The number of aromatic nitrogens is 3. The Bertz CT molecular complexity index is 1310. The van der Waals surface area contributed by atoms with E-state index in [0.717, 1.165) is 0 Å². The lowest BCUT2D eigenvalue weighted by atomic mass is 10.0. The molecule has 0 unspecified atom stereocenters. The molecule has 11 nitrogen and oxygen atoms in total. The average Bonchev–Trinajstić information content (AvgIpc) is 3.21. The molecule has 11 heteroatoms. The zero-order valence-corrected chi connectivity index (χ0v) is 20.4.